The zero-order chi connectivity index (χ0) is 19.2. The van der Waals surface area contributed by atoms with Crippen molar-refractivity contribution in [2.45, 2.75) is 24.2 Å². The molecule has 2 rings (SSSR count). The molecule has 1 fully saturated rings. The minimum absolute atomic E-state index is 0.130. The molecule has 1 saturated heterocycles. The summed E-state index contributed by atoms with van der Waals surface area (Å²) in [5.74, 6) is -3.65. The molecule has 0 bridgehead atoms. The van der Waals surface area contributed by atoms with Crippen LogP contribution < -0.4 is 4.90 Å². The van der Waals surface area contributed by atoms with Gasteiger partial charge in [-0.05, 0) is 19.1 Å². The van der Waals surface area contributed by atoms with Crippen molar-refractivity contribution < 1.29 is 36.6 Å². The van der Waals surface area contributed by atoms with Crippen LogP contribution in [0, 0.1) is 11.6 Å². The van der Waals surface area contributed by atoms with Gasteiger partial charge in [0.05, 0.1) is 6.54 Å². The van der Waals surface area contributed by atoms with Crippen LogP contribution in [0.5, 0.6) is 0 Å². The van der Waals surface area contributed by atoms with E-state index in [-0.39, 0.29) is 11.0 Å². The number of cyclic esters (lactones) is 1. The maximum atomic E-state index is 14.0. The Labute approximate surface area is 150 Å². The number of carboxylic acid groups (broad SMARTS) is 1. The summed E-state index contributed by atoms with van der Waals surface area (Å²) in [5.41, 5.74) is -0.646. The Bertz CT molecular complexity index is 823. The molecule has 1 heterocycles. The minimum Gasteiger partial charge on any atom is -0.480 e. The van der Waals surface area contributed by atoms with E-state index in [1.54, 1.807) is 0 Å². The summed E-state index contributed by atoms with van der Waals surface area (Å²) in [5, 5.41) is 9.24. The number of rotatable bonds is 5. The van der Waals surface area contributed by atoms with Gasteiger partial charge in [-0.1, -0.05) is 15.9 Å². The average molecular weight is 442 g/mol. The fourth-order valence-corrected chi connectivity index (χ4v) is 3.64. The van der Waals surface area contributed by atoms with Crippen LogP contribution in [0.15, 0.2) is 16.6 Å². The Hall–Kier alpha value is -1.75. The first-order chi connectivity index (χ1) is 11.4. The highest BCUT2D eigenvalue weighted by Crippen LogP contribution is 2.33. The van der Waals surface area contributed by atoms with Crippen LogP contribution in [0.2, 0.25) is 0 Å². The summed E-state index contributed by atoms with van der Waals surface area (Å²) in [4.78, 5) is 24.0. The molecule has 1 aromatic carbocycles. The third-order valence-corrected chi connectivity index (χ3v) is 6.45. The molecule has 1 aliphatic heterocycles. The van der Waals surface area contributed by atoms with Crippen LogP contribution in [0.3, 0.4) is 0 Å². The van der Waals surface area contributed by atoms with Gasteiger partial charge in [0, 0.05) is 17.1 Å². The number of nitrogens with zero attached hydrogens (tertiary/aromatic N) is 1. The fourth-order valence-electron chi connectivity index (χ4n) is 2.43. The predicted molar refractivity (Wildman–Crippen MR) is 87.2 cm³/mol. The van der Waals surface area contributed by atoms with Gasteiger partial charge in [0.25, 0.3) is 0 Å². The number of carbonyl (C=O) groups excluding carboxylic acids is 1. The van der Waals surface area contributed by atoms with Gasteiger partial charge in [0.2, 0.25) is 0 Å². The van der Waals surface area contributed by atoms with Crippen molar-refractivity contribution in [3.8, 4) is 0 Å². The van der Waals surface area contributed by atoms with E-state index in [4.69, 9.17) is 4.74 Å². The molecule has 0 saturated carbocycles. The van der Waals surface area contributed by atoms with Gasteiger partial charge in [-0.15, -0.1) is 0 Å². The molecule has 11 heteroatoms. The molecule has 1 aromatic rings. The van der Waals surface area contributed by atoms with E-state index in [0.717, 1.165) is 25.3 Å². The number of hydrogen-bond acceptors (Lipinski definition) is 5. The molecule has 0 aliphatic carbocycles. The van der Waals surface area contributed by atoms with Crippen LogP contribution in [-0.2, 0) is 19.4 Å². The van der Waals surface area contributed by atoms with Crippen molar-refractivity contribution in [1.29, 1.82) is 0 Å². The lowest BCUT2D eigenvalue weighted by molar-refractivity contribution is -0.140. The van der Waals surface area contributed by atoms with E-state index >= 15 is 0 Å². The van der Waals surface area contributed by atoms with Gasteiger partial charge in [-0.3, -0.25) is 9.69 Å². The second-order valence-electron chi connectivity index (χ2n) is 5.85. The molecule has 2 atom stereocenters. The van der Waals surface area contributed by atoms with Crippen LogP contribution in [0.25, 0.3) is 0 Å². The third kappa shape index (κ3) is 3.61. The molecular formula is C14H14BrF2NO6S. The maximum absolute atomic E-state index is 14.0. The summed E-state index contributed by atoms with van der Waals surface area (Å²) in [6, 6.07) is 1.91. The molecule has 0 spiro atoms. The fraction of sp³-hybridized carbons (Fsp3) is 0.429. The van der Waals surface area contributed by atoms with Gasteiger partial charge in [-0.2, -0.15) is 0 Å². The molecule has 1 unspecified atom stereocenters. The van der Waals surface area contributed by atoms with E-state index in [0.29, 0.717) is 4.90 Å². The summed E-state index contributed by atoms with van der Waals surface area (Å²) < 4.78 is 54.5. The summed E-state index contributed by atoms with van der Waals surface area (Å²) in [7, 11) is -4.04. The van der Waals surface area contributed by atoms with Crippen LogP contribution >= 0.6 is 15.9 Å². The van der Waals surface area contributed by atoms with Crippen LogP contribution in [0.4, 0.5) is 19.3 Å². The monoisotopic (exact) mass is 441 g/mol. The Balaban J connectivity index is 2.31. The normalized spacial score (nSPS) is 20.3. The highest BCUT2D eigenvalue weighted by molar-refractivity contribution is 9.10. The number of halogens is 3. The second-order valence-corrected chi connectivity index (χ2v) is 9.21. The molecular weight excluding hydrogens is 428 g/mol. The van der Waals surface area contributed by atoms with E-state index in [9.17, 15) is 31.9 Å². The Morgan fingerprint density at radius 2 is 1.96 bits per heavy atom. The largest absolute Gasteiger partial charge is 0.480 e. The second kappa shape index (κ2) is 6.52. The molecule has 1 aliphatic rings. The Morgan fingerprint density at radius 3 is 2.40 bits per heavy atom. The number of sulfone groups is 1. The minimum atomic E-state index is -4.04. The first kappa shape index (κ1) is 19.6. The lowest BCUT2D eigenvalue weighted by atomic mass is 10.0. The number of ether oxygens (including phenoxy) is 1. The van der Waals surface area contributed by atoms with Crippen molar-refractivity contribution >= 4 is 43.5 Å². The highest BCUT2D eigenvalue weighted by atomic mass is 79.9. The smallest absolute Gasteiger partial charge is 0.414 e. The summed E-state index contributed by atoms with van der Waals surface area (Å²) >= 11 is 2.91. The number of anilines is 1. The van der Waals surface area contributed by atoms with Gasteiger partial charge in [-0.25, -0.2) is 22.0 Å². The van der Waals surface area contributed by atoms with E-state index < -0.39 is 56.5 Å². The quantitative estimate of drug-likeness (QED) is 0.752. The SMILES string of the molecule is CC(C[C@H]1CN(c2c(F)cc(Br)cc2F)C(=O)O1)(C(=O)O)S(C)(=O)=O. The first-order valence-electron chi connectivity index (χ1n) is 6.92. The molecule has 138 valence electrons. The molecule has 25 heavy (non-hydrogen) atoms. The lowest BCUT2D eigenvalue weighted by Crippen LogP contribution is -2.46. The molecule has 1 amide bonds. The number of benzene rings is 1. The topological polar surface area (TPSA) is 101 Å². The Morgan fingerprint density at radius 1 is 1.44 bits per heavy atom. The van der Waals surface area contributed by atoms with Crippen molar-refractivity contribution in [2.75, 3.05) is 17.7 Å². The van der Waals surface area contributed by atoms with Gasteiger partial charge in [0.15, 0.2) is 26.2 Å². The average Bonchev–Trinajstić information content (AvgIpc) is 2.76. The lowest BCUT2D eigenvalue weighted by Gasteiger charge is -2.24. The number of carboxylic acids is 1. The number of hydrogen-bond donors (Lipinski definition) is 1. The van der Waals surface area contributed by atoms with Crippen molar-refractivity contribution in [3.05, 3.63) is 28.2 Å². The molecule has 0 aromatic heterocycles. The van der Waals surface area contributed by atoms with Crippen molar-refractivity contribution in [3.63, 3.8) is 0 Å². The van der Waals surface area contributed by atoms with Crippen molar-refractivity contribution in [1.82, 2.24) is 0 Å². The predicted octanol–water partition coefficient (Wildman–Crippen LogP) is 2.33. The van der Waals surface area contributed by atoms with E-state index in [1.165, 1.54) is 0 Å². The van der Waals surface area contributed by atoms with E-state index in [2.05, 4.69) is 15.9 Å². The Kier molecular flexibility index (Phi) is 5.11. The molecule has 0 radical (unpaired) electrons. The summed E-state index contributed by atoms with van der Waals surface area (Å²) in [6.45, 7) is 0.606. The number of aliphatic carboxylic acids is 1. The summed E-state index contributed by atoms with van der Waals surface area (Å²) in [6.07, 6.45) is -2.05. The highest BCUT2D eigenvalue weighted by Gasteiger charge is 2.49. The van der Waals surface area contributed by atoms with Crippen LogP contribution in [0.1, 0.15) is 13.3 Å². The maximum Gasteiger partial charge on any atom is 0.414 e. The van der Waals surface area contributed by atoms with Crippen molar-refractivity contribution in [2.24, 2.45) is 0 Å². The van der Waals surface area contributed by atoms with Gasteiger partial charge in [0.1, 0.15) is 11.8 Å². The zero-order valence-electron chi connectivity index (χ0n) is 13.1. The number of carbonyl (C=O) groups is 2. The standard InChI is InChI=1S/C14H14BrF2NO6S/c1-14(12(19)20,25(2,22)23)5-8-6-18(13(21)24-8)11-9(16)3-7(15)4-10(11)17/h3-4,8H,5-6H2,1-2H3,(H,19,20)/t8-,14?/m0/s1. The number of amides is 1. The van der Waals surface area contributed by atoms with Gasteiger partial charge >= 0.3 is 12.1 Å². The van der Waals surface area contributed by atoms with E-state index in [1.807, 2.05) is 0 Å². The zero-order valence-corrected chi connectivity index (χ0v) is 15.5. The third-order valence-electron chi connectivity index (χ3n) is 4.01. The first-order valence-corrected chi connectivity index (χ1v) is 9.61. The molecule has 7 nitrogen and oxygen atoms in total. The van der Waals surface area contributed by atoms with Gasteiger partial charge < -0.3 is 9.84 Å². The van der Waals surface area contributed by atoms with Crippen LogP contribution in [-0.4, -0.2) is 49.2 Å². The molecule has 1 N–H and O–H groups in total.